The molecule has 4 rings (SSSR count). The monoisotopic (exact) mass is 710 g/mol. The molecule has 45 heavy (non-hydrogen) atoms. The van der Waals surface area contributed by atoms with E-state index in [4.69, 9.17) is 46.4 Å². The third-order valence-electron chi connectivity index (χ3n) is 7.14. The van der Waals surface area contributed by atoms with Crippen molar-refractivity contribution in [2.24, 2.45) is 0 Å². The van der Waals surface area contributed by atoms with Crippen LogP contribution in [0.3, 0.4) is 0 Å². The molecule has 0 aliphatic carbocycles. The zero-order valence-electron chi connectivity index (χ0n) is 24.2. The maximum Gasteiger partial charge on any atom is 0.254 e. The lowest BCUT2D eigenvalue weighted by molar-refractivity contribution is 0.0730. The molecule has 4 aromatic carbocycles. The predicted octanol–water partition coefficient (Wildman–Crippen LogP) is 7.76. The summed E-state index contributed by atoms with van der Waals surface area (Å²) in [6, 6.07) is 25.3. The van der Waals surface area contributed by atoms with Gasteiger partial charge in [-0.15, -0.1) is 23.2 Å². The van der Waals surface area contributed by atoms with Gasteiger partial charge in [0.05, 0.1) is 15.9 Å². The van der Waals surface area contributed by atoms with Crippen molar-refractivity contribution < 1.29 is 22.7 Å². The molecule has 6 nitrogen and oxygen atoms in total. The molecule has 0 heterocycles. The van der Waals surface area contributed by atoms with Gasteiger partial charge in [0, 0.05) is 47.7 Å². The highest BCUT2D eigenvalue weighted by Gasteiger charge is 2.35. The van der Waals surface area contributed by atoms with Crippen LogP contribution in [0, 0.1) is 5.82 Å². The smallest absolute Gasteiger partial charge is 0.254 e. The summed E-state index contributed by atoms with van der Waals surface area (Å²) < 4.78 is 41.9. The summed E-state index contributed by atoms with van der Waals surface area (Å²) >= 11 is 24.7. The number of nitrogens with zero attached hydrogens (tertiary/aromatic N) is 2. The Morgan fingerprint density at radius 2 is 1.38 bits per heavy atom. The largest absolute Gasteiger partial charge is 0.390 e. The van der Waals surface area contributed by atoms with E-state index in [0.717, 1.165) is 9.87 Å². The third kappa shape index (κ3) is 9.42. The molecule has 1 N–H and O–H groups in total. The molecule has 0 saturated heterocycles. The number of hydrogen-bond donors (Lipinski definition) is 1. The van der Waals surface area contributed by atoms with Crippen molar-refractivity contribution in [3.05, 3.63) is 135 Å². The van der Waals surface area contributed by atoms with Crippen LogP contribution in [-0.4, -0.2) is 52.0 Å². The quantitative estimate of drug-likeness (QED) is 0.144. The molecule has 12 heteroatoms. The molecule has 0 spiro atoms. The Morgan fingerprint density at radius 1 is 0.844 bits per heavy atom. The Morgan fingerprint density at radius 3 is 1.96 bits per heavy atom. The minimum atomic E-state index is -4.03. The first kappa shape index (κ1) is 35.2. The summed E-state index contributed by atoms with van der Waals surface area (Å²) in [7, 11) is -4.03. The lowest BCUT2D eigenvalue weighted by Gasteiger charge is -2.31. The molecular formula is C33H31Cl4FN2O4S. The zero-order chi connectivity index (χ0) is 32.8. The van der Waals surface area contributed by atoms with E-state index >= 15 is 0 Å². The molecule has 238 valence electrons. The van der Waals surface area contributed by atoms with Gasteiger partial charge in [-0.3, -0.25) is 4.79 Å². The van der Waals surface area contributed by atoms with Crippen molar-refractivity contribution in [2.45, 2.75) is 42.4 Å². The summed E-state index contributed by atoms with van der Waals surface area (Å²) in [6.45, 7) is 1.49. The number of alkyl halides is 2. The fourth-order valence-electron chi connectivity index (χ4n) is 4.53. The minimum Gasteiger partial charge on any atom is -0.390 e. The second-order valence-corrected chi connectivity index (χ2v) is 14.7. The number of aliphatic hydroxyl groups is 1. The number of aliphatic hydroxyl groups excluding tert-OH is 1. The van der Waals surface area contributed by atoms with Gasteiger partial charge in [-0.25, -0.2) is 12.8 Å². The number of halogens is 5. The fourth-order valence-corrected chi connectivity index (χ4v) is 6.81. The first-order valence-electron chi connectivity index (χ1n) is 13.8. The normalized spacial score (nSPS) is 13.8. The van der Waals surface area contributed by atoms with Gasteiger partial charge in [-0.05, 0) is 78.2 Å². The number of benzene rings is 4. The number of rotatable bonds is 13. The van der Waals surface area contributed by atoms with Gasteiger partial charge in [0.1, 0.15) is 5.82 Å². The van der Waals surface area contributed by atoms with Crippen molar-refractivity contribution in [2.75, 3.05) is 12.4 Å². The van der Waals surface area contributed by atoms with Crippen molar-refractivity contribution in [1.82, 2.24) is 9.21 Å². The number of hydrogen-bond acceptors (Lipinski definition) is 4. The summed E-state index contributed by atoms with van der Waals surface area (Å²) in [6.07, 6.45) is -1.27. The standard InChI is InChI=1S/C33H31Cl4FN2O4S/c1-33(37,22-34)31(41)21-40(45(43,44)30-5-3-2-4-6-30)20-24-7-11-26(12-8-24)32(42)39(18-23-9-13-29(38)14-10-23)19-25-15-27(35)17-28(36)16-25/h2-17,31,41H,18-22H2,1H3. The molecule has 4 aromatic rings. The van der Waals surface area contributed by atoms with Gasteiger partial charge in [0.2, 0.25) is 10.0 Å². The molecule has 0 aliphatic heterocycles. The van der Waals surface area contributed by atoms with Crippen molar-refractivity contribution >= 4 is 62.3 Å². The number of amides is 1. The zero-order valence-corrected chi connectivity index (χ0v) is 28.1. The summed E-state index contributed by atoms with van der Waals surface area (Å²) in [4.78, 5) is 14.2. The topological polar surface area (TPSA) is 77.9 Å². The van der Waals surface area contributed by atoms with Gasteiger partial charge >= 0.3 is 0 Å². The van der Waals surface area contributed by atoms with Crippen LogP contribution in [0.25, 0.3) is 0 Å². The highest BCUT2D eigenvalue weighted by atomic mass is 35.5. The molecule has 1 amide bonds. The Hall–Kier alpha value is -2.69. The Balaban J connectivity index is 1.60. The number of sulfonamides is 1. The van der Waals surface area contributed by atoms with E-state index in [1.54, 1.807) is 77.7 Å². The average molecular weight is 712 g/mol. The SMILES string of the molecule is CC(Cl)(CCl)C(O)CN(Cc1ccc(C(=O)N(Cc2ccc(F)cc2)Cc2cc(Cl)cc(Cl)c2)cc1)S(=O)(=O)c1ccccc1. The number of carbonyl (C=O) groups excluding carboxylic acids is 1. The van der Waals surface area contributed by atoms with E-state index in [1.165, 1.54) is 31.2 Å². The number of carbonyl (C=O) groups is 1. The molecule has 2 unspecified atom stereocenters. The Bertz CT molecular complexity index is 1690. The van der Waals surface area contributed by atoms with Crippen LogP contribution in [0.5, 0.6) is 0 Å². The van der Waals surface area contributed by atoms with Crippen molar-refractivity contribution in [1.29, 1.82) is 0 Å². The first-order valence-corrected chi connectivity index (χ1v) is 16.9. The van der Waals surface area contributed by atoms with Gasteiger partial charge in [-0.2, -0.15) is 4.31 Å². The van der Waals surface area contributed by atoms with Crippen LogP contribution in [-0.2, 0) is 29.7 Å². The molecular weight excluding hydrogens is 681 g/mol. The molecule has 2 atom stereocenters. The fraction of sp³-hybridized carbons (Fsp3) is 0.242. The minimum absolute atomic E-state index is 0.0590. The van der Waals surface area contributed by atoms with Crippen LogP contribution in [0.2, 0.25) is 10.0 Å². The average Bonchev–Trinajstić information content (AvgIpc) is 3.01. The molecule has 0 radical (unpaired) electrons. The van der Waals surface area contributed by atoms with E-state index < -0.39 is 21.0 Å². The molecule has 0 aromatic heterocycles. The highest BCUT2D eigenvalue weighted by molar-refractivity contribution is 7.89. The van der Waals surface area contributed by atoms with E-state index in [9.17, 15) is 22.7 Å². The summed E-state index contributed by atoms with van der Waals surface area (Å²) in [5.74, 6) is -0.795. The van der Waals surface area contributed by atoms with E-state index in [0.29, 0.717) is 26.7 Å². The maximum absolute atomic E-state index is 13.8. The van der Waals surface area contributed by atoms with Crippen LogP contribution < -0.4 is 0 Å². The van der Waals surface area contributed by atoms with Crippen LogP contribution in [0.4, 0.5) is 4.39 Å². The second-order valence-electron chi connectivity index (χ2n) is 10.8. The lowest BCUT2D eigenvalue weighted by atomic mass is 10.1. The molecule has 0 aliphatic rings. The lowest BCUT2D eigenvalue weighted by Crippen LogP contribution is -2.46. The van der Waals surface area contributed by atoms with Crippen molar-refractivity contribution in [3.63, 3.8) is 0 Å². The highest BCUT2D eigenvalue weighted by Crippen LogP contribution is 2.27. The third-order valence-corrected chi connectivity index (χ3v) is 10.5. The summed E-state index contributed by atoms with van der Waals surface area (Å²) in [5.41, 5.74) is 2.36. The molecule has 0 saturated carbocycles. The first-order chi connectivity index (χ1) is 21.3. The van der Waals surface area contributed by atoms with E-state index in [2.05, 4.69) is 0 Å². The molecule has 0 fully saturated rings. The molecule has 0 bridgehead atoms. The maximum atomic E-state index is 13.8. The Kier molecular flexibility index (Phi) is 11.9. The van der Waals surface area contributed by atoms with E-state index in [-0.39, 0.29) is 48.7 Å². The predicted molar refractivity (Wildman–Crippen MR) is 178 cm³/mol. The van der Waals surface area contributed by atoms with Gasteiger partial charge in [0.25, 0.3) is 5.91 Å². The van der Waals surface area contributed by atoms with Crippen LogP contribution in [0.15, 0.2) is 102 Å². The van der Waals surface area contributed by atoms with Gasteiger partial charge < -0.3 is 10.0 Å². The van der Waals surface area contributed by atoms with Gasteiger partial charge in [-0.1, -0.05) is 65.7 Å². The Labute approximate surface area is 283 Å². The van der Waals surface area contributed by atoms with Crippen LogP contribution >= 0.6 is 46.4 Å². The van der Waals surface area contributed by atoms with Crippen molar-refractivity contribution in [3.8, 4) is 0 Å². The summed E-state index contributed by atoms with van der Waals surface area (Å²) in [5, 5.41) is 11.7. The van der Waals surface area contributed by atoms with Gasteiger partial charge in [0.15, 0.2) is 0 Å². The van der Waals surface area contributed by atoms with Crippen LogP contribution in [0.1, 0.15) is 34.0 Å². The second kappa shape index (κ2) is 15.3. The van der Waals surface area contributed by atoms with E-state index in [1.807, 2.05) is 0 Å².